The first-order valence-corrected chi connectivity index (χ1v) is 12.8. The van der Waals surface area contributed by atoms with Crippen molar-refractivity contribution in [3.63, 3.8) is 0 Å². The number of allylic oxidation sites excluding steroid dienone is 3. The molecule has 20 heavy (non-hydrogen) atoms. The van der Waals surface area contributed by atoms with Crippen LogP contribution >= 0.6 is 25.0 Å². The highest BCUT2D eigenvalue weighted by molar-refractivity contribution is 14.2. The lowest BCUT2D eigenvalue weighted by atomic mass is 9.89. The first-order chi connectivity index (χ1) is 9.57. The van der Waals surface area contributed by atoms with E-state index in [0.717, 1.165) is 23.7 Å². The predicted molar refractivity (Wildman–Crippen MR) is 95.7 cm³/mol. The normalized spacial score (nSPS) is 24.6. The molecule has 1 aromatic carbocycles. The highest BCUT2D eigenvalue weighted by atomic mass is 127. The van der Waals surface area contributed by atoms with Crippen LogP contribution in [0.5, 0.6) is 0 Å². The quantitative estimate of drug-likeness (QED) is 0.510. The summed E-state index contributed by atoms with van der Waals surface area (Å²) in [4.78, 5) is -2.41. The van der Waals surface area contributed by atoms with E-state index in [4.69, 9.17) is 0 Å². The first-order valence-electron chi connectivity index (χ1n) is 6.64. The molecular formula is C16H19FIOP. The zero-order valence-electron chi connectivity index (χ0n) is 11.4. The van der Waals surface area contributed by atoms with Gasteiger partial charge in [0.25, 0.3) is 0 Å². The van der Waals surface area contributed by atoms with Crippen LogP contribution in [0, 0.1) is 0 Å². The zero-order valence-corrected chi connectivity index (χ0v) is 14.4. The van der Waals surface area contributed by atoms with Crippen LogP contribution in [0.4, 0.5) is 4.39 Å². The van der Waals surface area contributed by atoms with Crippen LogP contribution in [-0.4, -0.2) is 16.8 Å². The minimum Gasteiger partial charge on any atom is -0.308 e. The van der Waals surface area contributed by atoms with Crippen LogP contribution in [0.1, 0.15) is 19.3 Å². The van der Waals surface area contributed by atoms with Gasteiger partial charge in [-0.25, -0.2) is 4.39 Å². The summed E-state index contributed by atoms with van der Waals surface area (Å²) >= 11 is -0.638. The van der Waals surface area contributed by atoms with Crippen molar-refractivity contribution < 1.29 is 8.96 Å². The molecule has 2 atom stereocenters. The molecule has 2 rings (SSSR count). The van der Waals surface area contributed by atoms with Crippen molar-refractivity contribution >= 4 is 34.8 Å². The van der Waals surface area contributed by atoms with Gasteiger partial charge in [-0.05, 0) is 30.4 Å². The van der Waals surface area contributed by atoms with Gasteiger partial charge in [-0.1, -0.05) is 67.7 Å². The Hall–Kier alpha value is -0.540. The first kappa shape index (κ1) is 15.8. The molecule has 0 saturated heterocycles. The molecule has 1 aliphatic rings. The Bertz CT molecular complexity index is 579. The van der Waals surface area contributed by atoms with Crippen molar-refractivity contribution in [2.75, 3.05) is 6.16 Å². The summed E-state index contributed by atoms with van der Waals surface area (Å²) in [6.07, 6.45) is 3.78. The molecule has 0 spiro atoms. The van der Waals surface area contributed by atoms with E-state index in [2.05, 4.69) is 11.1 Å². The Morgan fingerprint density at radius 1 is 1.40 bits per heavy atom. The number of hydrogen-bond donors (Lipinski definition) is 0. The molecule has 0 heterocycles. The van der Waals surface area contributed by atoms with Crippen LogP contribution in [0.15, 0.2) is 54.1 Å². The maximum atomic E-state index is 13.6. The molecule has 0 radical (unpaired) electrons. The van der Waals surface area contributed by atoms with Gasteiger partial charge in [0.15, 0.2) is 4.78 Å². The molecule has 0 amide bonds. The number of rotatable bonds is 4. The lowest BCUT2D eigenvalue weighted by Gasteiger charge is -2.21. The summed E-state index contributed by atoms with van der Waals surface area (Å²) in [5, 5.41) is 0.901. The Morgan fingerprint density at radius 3 is 2.75 bits per heavy atom. The predicted octanol–water partition coefficient (Wildman–Crippen LogP) is 5.00. The Kier molecular flexibility index (Phi) is 5.50. The fourth-order valence-corrected chi connectivity index (χ4v) is 7.43. The van der Waals surface area contributed by atoms with Crippen molar-refractivity contribution in [2.45, 2.75) is 25.4 Å². The van der Waals surface area contributed by atoms with Gasteiger partial charge in [-0.2, -0.15) is 0 Å². The fourth-order valence-electron chi connectivity index (χ4n) is 2.34. The standard InChI is InChI=1S/C16H19FIOP/c1-13-14(7-6-10-16(13)17)11-12-20(19,18-2)15-8-4-3-5-9-15/h3-5,8-9,11,16H,1-2,6-7,10,12H2/b14-11-/t16-,20?/m0/s1. The lowest BCUT2D eigenvalue weighted by molar-refractivity contribution is 0.340. The second kappa shape index (κ2) is 6.95. The minimum absolute atomic E-state index is 0.495. The van der Waals surface area contributed by atoms with Gasteiger partial charge in [0.1, 0.15) is 6.17 Å². The maximum Gasteiger partial charge on any atom is 0.168 e. The summed E-state index contributed by atoms with van der Waals surface area (Å²) < 4.78 is 30.6. The SMILES string of the molecule is C=IP(=O)(C/C=C1/CCC[C@H](F)C1=C)c1ccccc1. The van der Waals surface area contributed by atoms with Crippen molar-refractivity contribution in [2.24, 2.45) is 0 Å². The molecule has 0 aliphatic heterocycles. The van der Waals surface area contributed by atoms with Gasteiger partial charge in [-0.15, -0.1) is 0 Å². The molecule has 0 aromatic heterocycles. The highest BCUT2D eigenvalue weighted by Crippen LogP contribution is 2.57. The molecule has 1 saturated carbocycles. The van der Waals surface area contributed by atoms with Crippen LogP contribution < -0.4 is 5.30 Å². The van der Waals surface area contributed by atoms with Crippen molar-refractivity contribution in [1.82, 2.24) is 0 Å². The highest BCUT2D eigenvalue weighted by Gasteiger charge is 2.23. The molecule has 4 heteroatoms. The van der Waals surface area contributed by atoms with Crippen molar-refractivity contribution in [1.29, 1.82) is 0 Å². The molecule has 108 valence electrons. The van der Waals surface area contributed by atoms with E-state index in [1.807, 2.05) is 36.4 Å². The van der Waals surface area contributed by atoms with Gasteiger partial charge in [0, 0.05) is 11.5 Å². The second-order valence-electron chi connectivity index (χ2n) is 4.90. The van der Waals surface area contributed by atoms with Crippen LogP contribution in [0.2, 0.25) is 0 Å². The van der Waals surface area contributed by atoms with E-state index in [9.17, 15) is 8.96 Å². The van der Waals surface area contributed by atoms with Gasteiger partial charge >= 0.3 is 0 Å². The molecular weight excluding hydrogens is 385 g/mol. The summed E-state index contributed by atoms with van der Waals surface area (Å²) in [7, 11) is 0. The summed E-state index contributed by atoms with van der Waals surface area (Å²) in [6, 6.07) is 9.57. The largest absolute Gasteiger partial charge is 0.308 e. The molecule has 1 fully saturated rings. The zero-order chi connectivity index (χ0) is 14.6. The van der Waals surface area contributed by atoms with E-state index >= 15 is 0 Å². The van der Waals surface area contributed by atoms with Crippen LogP contribution in [0.25, 0.3) is 0 Å². The molecule has 1 unspecified atom stereocenters. The Morgan fingerprint density at radius 2 is 2.10 bits per heavy atom. The monoisotopic (exact) mass is 404 g/mol. The third-order valence-corrected chi connectivity index (χ3v) is 11.9. The minimum atomic E-state index is -2.41. The number of benzene rings is 1. The maximum absolute atomic E-state index is 13.6. The van der Waals surface area contributed by atoms with Crippen molar-refractivity contribution in [3.8, 4) is 0 Å². The van der Waals surface area contributed by atoms with Gasteiger partial charge in [0.05, 0.1) is 0 Å². The summed E-state index contributed by atoms with van der Waals surface area (Å²) in [5.74, 6) is 0. The fraction of sp³-hybridized carbons (Fsp3) is 0.312. The Balaban J connectivity index is 2.21. The van der Waals surface area contributed by atoms with Gasteiger partial charge in [0.2, 0.25) is 0 Å². The van der Waals surface area contributed by atoms with E-state index in [1.54, 1.807) is 0 Å². The lowest BCUT2D eigenvalue weighted by Crippen LogP contribution is -2.12. The Labute approximate surface area is 129 Å². The molecule has 0 bridgehead atoms. The average Bonchev–Trinajstić information content (AvgIpc) is 2.49. The average molecular weight is 404 g/mol. The third kappa shape index (κ3) is 3.56. The van der Waals surface area contributed by atoms with E-state index in [0.29, 0.717) is 18.2 Å². The number of alkyl halides is 1. The third-order valence-electron chi connectivity index (χ3n) is 3.60. The van der Waals surface area contributed by atoms with E-state index in [-0.39, 0.29) is 0 Å². The van der Waals surface area contributed by atoms with E-state index in [1.165, 1.54) is 0 Å². The van der Waals surface area contributed by atoms with Crippen LogP contribution in [0.3, 0.4) is 0 Å². The smallest absolute Gasteiger partial charge is 0.168 e. The topological polar surface area (TPSA) is 17.1 Å². The number of halogens is 2. The van der Waals surface area contributed by atoms with Crippen LogP contribution in [-0.2, 0) is 4.57 Å². The second-order valence-corrected chi connectivity index (χ2v) is 14.0. The number of hydrogen-bond acceptors (Lipinski definition) is 1. The molecule has 0 N–H and O–H groups in total. The summed E-state index contributed by atoms with van der Waals surface area (Å²) in [5.41, 5.74) is 1.54. The van der Waals surface area contributed by atoms with E-state index < -0.39 is 31.1 Å². The molecule has 1 aliphatic carbocycles. The molecule has 1 aromatic rings. The van der Waals surface area contributed by atoms with Gasteiger partial charge in [-0.3, -0.25) is 0 Å². The molecule has 1 nitrogen and oxygen atoms in total. The van der Waals surface area contributed by atoms with Crippen molar-refractivity contribution in [3.05, 3.63) is 54.1 Å². The van der Waals surface area contributed by atoms with Gasteiger partial charge < -0.3 is 4.57 Å². The summed E-state index contributed by atoms with van der Waals surface area (Å²) in [6.45, 7) is 3.84.